The summed E-state index contributed by atoms with van der Waals surface area (Å²) in [6, 6.07) is 9.64. The van der Waals surface area contributed by atoms with Crippen LogP contribution in [-0.2, 0) is 6.54 Å². The molecule has 0 fully saturated rings. The Bertz CT molecular complexity index is 225. The first-order valence-corrected chi connectivity index (χ1v) is 3.75. The molecule has 0 aliphatic rings. The van der Waals surface area contributed by atoms with Gasteiger partial charge in [0.05, 0.1) is 12.0 Å². The summed E-state index contributed by atoms with van der Waals surface area (Å²) in [4.78, 5) is 0. The Morgan fingerprint density at radius 3 is 2.55 bits per heavy atom. The van der Waals surface area contributed by atoms with Crippen LogP contribution in [0.5, 0.6) is 0 Å². The highest BCUT2D eigenvalue weighted by Crippen LogP contribution is 2.00. The van der Waals surface area contributed by atoms with Crippen LogP contribution in [-0.4, -0.2) is 15.8 Å². The third kappa shape index (κ3) is 2.65. The van der Waals surface area contributed by atoms with Gasteiger partial charge in [-0.05, 0) is 5.56 Å². The van der Waals surface area contributed by atoms with E-state index < -0.39 is 0 Å². The standard InChI is InChI=1S/C8H9NOS/c10-9(7-11)6-8-4-2-1-3-5-8/h1-5,7,10H,6H2. The van der Waals surface area contributed by atoms with E-state index in [-0.39, 0.29) is 0 Å². The number of benzene rings is 1. The normalized spacial score (nSPS) is 9.18. The highest BCUT2D eigenvalue weighted by molar-refractivity contribution is 7.78. The van der Waals surface area contributed by atoms with Crippen LogP contribution in [0.3, 0.4) is 0 Å². The molecule has 0 atom stereocenters. The molecular weight excluding hydrogens is 158 g/mol. The topological polar surface area (TPSA) is 23.5 Å². The van der Waals surface area contributed by atoms with Gasteiger partial charge in [-0.15, -0.1) is 0 Å². The average molecular weight is 167 g/mol. The molecule has 2 nitrogen and oxygen atoms in total. The molecule has 0 saturated heterocycles. The fraction of sp³-hybridized carbons (Fsp3) is 0.125. The third-order valence-corrected chi connectivity index (χ3v) is 1.55. The third-order valence-electron chi connectivity index (χ3n) is 1.31. The first kappa shape index (κ1) is 8.17. The predicted molar refractivity (Wildman–Crippen MR) is 47.4 cm³/mol. The van der Waals surface area contributed by atoms with Gasteiger partial charge < -0.3 is 0 Å². The quantitative estimate of drug-likeness (QED) is 0.549. The average Bonchev–Trinajstić information content (AvgIpc) is 2.06. The van der Waals surface area contributed by atoms with E-state index in [0.29, 0.717) is 6.54 Å². The lowest BCUT2D eigenvalue weighted by molar-refractivity contribution is -0.0138. The van der Waals surface area contributed by atoms with Gasteiger partial charge >= 0.3 is 0 Å². The van der Waals surface area contributed by atoms with E-state index in [1.54, 1.807) is 0 Å². The highest BCUT2D eigenvalue weighted by atomic mass is 32.1. The maximum absolute atomic E-state index is 8.98. The van der Waals surface area contributed by atoms with Crippen molar-refractivity contribution in [1.82, 2.24) is 5.06 Å². The van der Waals surface area contributed by atoms with E-state index in [9.17, 15) is 0 Å². The first-order valence-electron chi connectivity index (χ1n) is 3.27. The molecule has 0 unspecified atom stereocenters. The lowest BCUT2D eigenvalue weighted by Gasteiger charge is -2.08. The van der Waals surface area contributed by atoms with Crippen molar-refractivity contribution in [3.63, 3.8) is 0 Å². The minimum atomic E-state index is 0.449. The minimum absolute atomic E-state index is 0.449. The van der Waals surface area contributed by atoms with Gasteiger partial charge in [0.25, 0.3) is 0 Å². The zero-order valence-corrected chi connectivity index (χ0v) is 6.79. The summed E-state index contributed by atoms with van der Waals surface area (Å²) in [7, 11) is 0. The molecule has 0 spiro atoms. The SMILES string of the molecule is ON(C=S)Cc1ccccc1. The van der Waals surface area contributed by atoms with Gasteiger partial charge in [0.15, 0.2) is 0 Å². The largest absolute Gasteiger partial charge is 0.288 e. The molecule has 0 amide bonds. The molecule has 0 aliphatic heterocycles. The number of nitrogens with zero attached hydrogens (tertiary/aromatic N) is 1. The smallest absolute Gasteiger partial charge is 0.0905 e. The van der Waals surface area contributed by atoms with E-state index in [0.717, 1.165) is 10.6 Å². The summed E-state index contributed by atoms with van der Waals surface area (Å²) in [5.41, 5.74) is 2.25. The molecule has 58 valence electrons. The van der Waals surface area contributed by atoms with Crippen LogP contribution in [0.1, 0.15) is 5.56 Å². The molecule has 11 heavy (non-hydrogen) atoms. The van der Waals surface area contributed by atoms with Gasteiger partial charge in [-0.1, -0.05) is 42.5 Å². The summed E-state index contributed by atoms with van der Waals surface area (Å²) in [5, 5.41) is 9.96. The van der Waals surface area contributed by atoms with E-state index in [1.165, 1.54) is 5.49 Å². The Morgan fingerprint density at radius 2 is 2.00 bits per heavy atom. The van der Waals surface area contributed by atoms with Crippen molar-refractivity contribution >= 4 is 17.7 Å². The Morgan fingerprint density at radius 1 is 1.36 bits per heavy atom. The molecule has 0 saturated carbocycles. The Balaban J connectivity index is 2.57. The second kappa shape index (κ2) is 4.05. The van der Waals surface area contributed by atoms with Crippen molar-refractivity contribution in [3.8, 4) is 0 Å². The van der Waals surface area contributed by atoms with Crippen molar-refractivity contribution in [2.45, 2.75) is 6.54 Å². The first-order chi connectivity index (χ1) is 5.33. The summed E-state index contributed by atoms with van der Waals surface area (Å²) in [5.74, 6) is 0. The molecule has 0 heterocycles. The molecular formula is C8H9NOS. The lowest BCUT2D eigenvalue weighted by atomic mass is 10.2. The van der Waals surface area contributed by atoms with Gasteiger partial charge in [0.1, 0.15) is 0 Å². The lowest BCUT2D eigenvalue weighted by Crippen LogP contribution is -2.14. The van der Waals surface area contributed by atoms with E-state index in [2.05, 4.69) is 12.2 Å². The molecule has 1 aromatic carbocycles. The number of hydroxylamine groups is 2. The Hall–Kier alpha value is -0.930. The molecule has 0 radical (unpaired) electrons. The number of hydrogen-bond donors (Lipinski definition) is 1. The van der Waals surface area contributed by atoms with Crippen molar-refractivity contribution < 1.29 is 5.21 Å². The minimum Gasteiger partial charge on any atom is -0.288 e. The number of thiocarbonyl (C=S) groups is 1. The van der Waals surface area contributed by atoms with E-state index in [1.807, 2.05) is 30.3 Å². The number of hydrogen-bond acceptors (Lipinski definition) is 2. The zero-order chi connectivity index (χ0) is 8.10. The molecule has 0 aromatic heterocycles. The van der Waals surface area contributed by atoms with Crippen LogP contribution in [0.4, 0.5) is 0 Å². The van der Waals surface area contributed by atoms with Crippen LogP contribution >= 0.6 is 12.2 Å². The van der Waals surface area contributed by atoms with Crippen molar-refractivity contribution in [3.05, 3.63) is 35.9 Å². The van der Waals surface area contributed by atoms with Crippen LogP contribution in [0, 0.1) is 0 Å². The fourth-order valence-electron chi connectivity index (χ4n) is 0.808. The fourth-order valence-corrected chi connectivity index (χ4v) is 0.882. The summed E-state index contributed by atoms with van der Waals surface area (Å²) >= 11 is 4.52. The van der Waals surface area contributed by atoms with Crippen molar-refractivity contribution in [2.24, 2.45) is 0 Å². The Kier molecular flexibility index (Phi) is 3.01. The van der Waals surface area contributed by atoms with Crippen molar-refractivity contribution in [1.29, 1.82) is 0 Å². The molecule has 0 bridgehead atoms. The van der Waals surface area contributed by atoms with Gasteiger partial charge in [0, 0.05) is 0 Å². The van der Waals surface area contributed by atoms with E-state index >= 15 is 0 Å². The van der Waals surface area contributed by atoms with Crippen LogP contribution in [0.15, 0.2) is 30.3 Å². The van der Waals surface area contributed by atoms with Crippen LogP contribution in [0.25, 0.3) is 0 Å². The molecule has 0 aliphatic carbocycles. The van der Waals surface area contributed by atoms with Gasteiger partial charge in [-0.3, -0.25) is 5.21 Å². The maximum atomic E-state index is 8.98. The second-order valence-electron chi connectivity index (χ2n) is 2.19. The molecule has 1 aromatic rings. The summed E-state index contributed by atoms with van der Waals surface area (Å²) in [6.07, 6.45) is 0. The predicted octanol–water partition coefficient (Wildman–Crippen LogP) is 1.83. The van der Waals surface area contributed by atoms with Gasteiger partial charge in [-0.25, -0.2) is 5.06 Å². The molecule has 1 N–H and O–H groups in total. The second-order valence-corrected chi connectivity index (χ2v) is 2.40. The summed E-state index contributed by atoms with van der Waals surface area (Å²) in [6.45, 7) is 0.449. The van der Waals surface area contributed by atoms with Crippen molar-refractivity contribution in [2.75, 3.05) is 0 Å². The monoisotopic (exact) mass is 167 g/mol. The highest BCUT2D eigenvalue weighted by Gasteiger charge is 1.93. The van der Waals surface area contributed by atoms with Crippen LogP contribution in [0.2, 0.25) is 0 Å². The zero-order valence-electron chi connectivity index (χ0n) is 5.97. The van der Waals surface area contributed by atoms with Gasteiger partial charge in [-0.2, -0.15) is 0 Å². The van der Waals surface area contributed by atoms with E-state index in [4.69, 9.17) is 5.21 Å². The summed E-state index contributed by atoms with van der Waals surface area (Å²) < 4.78 is 0. The van der Waals surface area contributed by atoms with Crippen LogP contribution < -0.4 is 0 Å². The molecule has 1 rings (SSSR count). The Labute approximate surface area is 71.0 Å². The maximum Gasteiger partial charge on any atom is 0.0905 e. The number of rotatable bonds is 3. The van der Waals surface area contributed by atoms with Gasteiger partial charge in [0.2, 0.25) is 0 Å². The molecule has 3 heteroatoms.